The third-order valence-corrected chi connectivity index (χ3v) is 4.75. The molecule has 2 aromatic carbocycles. The lowest BCUT2D eigenvalue weighted by molar-refractivity contribution is -0.133. The van der Waals surface area contributed by atoms with E-state index in [0.717, 1.165) is 24.5 Å². The lowest BCUT2D eigenvalue weighted by atomic mass is 10.2. The molecule has 6 nitrogen and oxygen atoms in total. The van der Waals surface area contributed by atoms with Crippen LogP contribution < -0.4 is 19.1 Å². The fourth-order valence-electron chi connectivity index (χ4n) is 3.11. The van der Waals surface area contributed by atoms with Gasteiger partial charge in [0.2, 0.25) is 0 Å². The number of hydrogen-bond acceptors (Lipinski definition) is 5. The third kappa shape index (κ3) is 4.64. The molecule has 0 saturated carbocycles. The summed E-state index contributed by atoms with van der Waals surface area (Å²) in [5.41, 5.74) is 2.23. The van der Waals surface area contributed by atoms with Gasteiger partial charge in [-0.3, -0.25) is 4.79 Å². The van der Waals surface area contributed by atoms with E-state index in [9.17, 15) is 4.79 Å². The van der Waals surface area contributed by atoms with Crippen LogP contribution in [0.15, 0.2) is 42.5 Å². The maximum atomic E-state index is 12.4. The number of anilines is 1. The first kappa shape index (κ1) is 18.9. The molecule has 1 saturated heterocycles. The molecule has 3 rings (SSSR count). The molecule has 0 aliphatic carbocycles. The number of ether oxygens (including phenoxy) is 3. The van der Waals surface area contributed by atoms with Crippen LogP contribution in [0.25, 0.3) is 0 Å². The van der Waals surface area contributed by atoms with Gasteiger partial charge in [0.25, 0.3) is 5.91 Å². The zero-order valence-corrected chi connectivity index (χ0v) is 16.1. The Morgan fingerprint density at radius 2 is 1.59 bits per heavy atom. The van der Waals surface area contributed by atoms with Crippen LogP contribution in [0.1, 0.15) is 5.56 Å². The van der Waals surface area contributed by atoms with Crippen molar-refractivity contribution in [1.82, 2.24) is 4.90 Å². The molecule has 0 bridgehead atoms. The Bertz CT molecular complexity index is 768. The molecule has 1 fully saturated rings. The maximum absolute atomic E-state index is 12.4. The van der Waals surface area contributed by atoms with Crippen LogP contribution in [0.2, 0.25) is 0 Å². The zero-order chi connectivity index (χ0) is 19.2. The summed E-state index contributed by atoms with van der Waals surface area (Å²) in [5.74, 6) is 2.16. The van der Waals surface area contributed by atoms with E-state index in [-0.39, 0.29) is 12.5 Å². The Morgan fingerprint density at radius 1 is 0.926 bits per heavy atom. The highest BCUT2D eigenvalue weighted by Gasteiger charge is 2.22. The Kier molecular flexibility index (Phi) is 6.06. The standard InChI is InChI=1S/C21H26N2O4/c1-16-4-7-18(8-5-16)27-15-21(24)23-12-10-22(11-13-23)17-6-9-19(25-2)20(14-17)26-3/h4-9,14H,10-13,15H2,1-3H3. The van der Waals surface area contributed by atoms with Crippen molar-refractivity contribution in [3.8, 4) is 17.2 Å². The number of nitrogens with zero attached hydrogens (tertiary/aromatic N) is 2. The van der Waals surface area contributed by atoms with E-state index in [4.69, 9.17) is 14.2 Å². The molecule has 1 heterocycles. The van der Waals surface area contributed by atoms with Gasteiger partial charge >= 0.3 is 0 Å². The molecule has 27 heavy (non-hydrogen) atoms. The van der Waals surface area contributed by atoms with Gasteiger partial charge in [-0.15, -0.1) is 0 Å². The molecule has 0 aromatic heterocycles. The van der Waals surface area contributed by atoms with Crippen molar-refractivity contribution in [2.75, 3.05) is 51.9 Å². The Hall–Kier alpha value is -2.89. The van der Waals surface area contributed by atoms with Gasteiger partial charge in [-0.25, -0.2) is 0 Å². The van der Waals surface area contributed by atoms with Crippen LogP contribution in [-0.2, 0) is 4.79 Å². The molecule has 144 valence electrons. The van der Waals surface area contributed by atoms with Crippen molar-refractivity contribution >= 4 is 11.6 Å². The van der Waals surface area contributed by atoms with Gasteiger partial charge < -0.3 is 24.0 Å². The molecule has 0 unspecified atom stereocenters. The van der Waals surface area contributed by atoms with Gasteiger partial charge in [-0.2, -0.15) is 0 Å². The highest BCUT2D eigenvalue weighted by molar-refractivity contribution is 5.78. The van der Waals surface area contributed by atoms with Crippen LogP contribution in [0.5, 0.6) is 17.2 Å². The zero-order valence-electron chi connectivity index (χ0n) is 16.1. The molecule has 0 N–H and O–H groups in total. The maximum Gasteiger partial charge on any atom is 0.260 e. The second kappa shape index (κ2) is 8.66. The van der Waals surface area contributed by atoms with E-state index in [2.05, 4.69) is 4.90 Å². The molecular formula is C21H26N2O4. The molecule has 0 spiro atoms. The summed E-state index contributed by atoms with van der Waals surface area (Å²) in [6, 6.07) is 13.6. The Balaban J connectivity index is 1.52. The lowest BCUT2D eigenvalue weighted by Gasteiger charge is -2.36. The van der Waals surface area contributed by atoms with Crippen LogP contribution in [-0.4, -0.2) is 57.8 Å². The quantitative estimate of drug-likeness (QED) is 0.783. The number of amides is 1. The number of hydrogen-bond donors (Lipinski definition) is 0. The van der Waals surface area contributed by atoms with Crippen molar-refractivity contribution in [1.29, 1.82) is 0 Å². The topological polar surface area (TPSA) is 51.2 Å². The summed E-state index contributed by atoms with van der Waals surface area (Å²) in [6.45, 7) is 4.97. The van der Waals surface area contributed by atoms with Crippen molar-refractivity contribution in [3.05, 3.63) is 48.0 Å². The molecule has 6 heteroatoms. The first-order valence-electron chi connectivity index (χ1n) is 9.05. The summed E-state index contributed by atoms with van der Waals surface area (Å²) in [5, 5.41) is 0. The van der Waals surface area contributed by atoms with E-state index in [1.54, 1.807) is 14.2 Å². The van der Waals surface area contributed by atoms with E-state index in [0.29, 0.717) is 24.6 Å². The minimum absolute atomic E-state index is 0.0162. The largest absolute Gasteiger partial charge is 0.493 e. The van der Waals surface area contributed by atoms with Crippen molar-refractivity contribution < 1.29 is 19.0 Å². The fourth-order valence-corrected chi connectivity index (χ4v) is 3.11. The van der Waals surface area contributed by atoms with E-state index in [1.165, 1.54) is 5.56 Å². The summed E-state index contributed by atoms with van der Waals surface area (Å²) in [6.07, 6.45) is 0. The van der Waals surface area contributed by atoms with Gasteiger partial charge in [-0.05, 0) is 31.2 Å². The normalized spacial score (nSPS) is 14.0. The summed E-state index contributed by atoms with van der Waals surface area (Å²) >= 11 is 0. The number of carbonyl (C=O) groups is 1. The SMILES string of the molecule is COc1ccc(N2CCN(C(=O)COc3ccc(C)cc3)CC2)cc1OC. The van der Waals surface area contributed by atoms with Gasteiger partial charge in [-0.1, -0.05) is 17.7 Å². The first-order valence-corrected chi connectivity index (χ1v) is 9.05. The third-order valence-electron chi connectivity index (χ3n) is 4.75. The molecule has 0 radical (unpaired) electrons. The second-order valence-corrected chi connectivity index (χ2v) is 6.51. The van der Waals surface area contributed by atoms with Crippen molar-refractivity contribution in [2.45, 2.75) is 6.92 Å². The molecule has 1 amide bonds. The second-order valence-electron chi connectivity index (χ2n) is 6.51. The van der Waals surface area contributed by atoms with Gasteiger partial charge in [0.15, 0.2) is 18.1 Å². The molecule has 1 aliphatic heterocycles. The minimum atomic E-state index is 0.0162. The summed E-state index contributed by atoms with van der Waals surface area (Å²) in [4.78, 5) is 16.5. The number of aryl methyl sites for hydroxylation is 1. The van der Waals surface area contributed by atoms with Gasteiger partial charge in [0.05, 0.1) is 14.2 Å². The van der Waals surface area contributed by atoms with Crippen LogP contribution in [0.4, 0.5) is 5.69 Å². The average molecular weight is 370 g/mol. The molecule has 2 aromatic rings. The number of methoxy groups -OCH3 is 2. The highest BCUT2D eigenvalue weighted by Crippen LogP contribution is 2.31. The van der Waals surface area contributed by atoms with Gasteiger partial charge in [0, 0.05) is 37.9 Å². The summed E-state index contributed by atoms with van der Waals surface area (Å²) < 4.78 is 16.3. The highest BCUT2D eigenvalue weighted by atomic mass is 16.5. The Labute approximate surface area is 160 Å². The van der Waals surface area contributed by atoms with E-state index in [1.807, 2.05) is 54.3 Å². The van der Waals surface area contributed by atoms with Gasteiger partial charge in [0.1, 0.15) is 5.75 Å². The Morgan fingerprint density at radius 3 is 2.22 bits per heavy atom. The van der Waals surface area contributed by atoms with Crippen LogP contribution in [0, 0.1) is 6.92 Å². The number of benzene rings is 2. The fraction of sp³-hybridized carbons (Fsp3) is 0.381. The van der Waals surface area contributed by atoms with Crippen LogP contribution >= 0.6 is 0 Å². The average Bonchev–Trinajstić information content (AvgIpc) is 2.72. The number of rotatable bonds is 6. The number of carbonyl (C=O) groups excluding carboxylic acids is 1. The predicted octanol–water partition coefficient (Wildman–Crippen LogP) is 2.74. The molecule has 0 atom stereocenters. The van der Waals surface area contributed by atoms with Crippen LogP contribution in [0.3, 0.4) is 0 Å². The predicted molar refractivity (Wildman–Crippen MR) is 105 cm³/mol. The number of piperazine rings is 1. The summed E-state index contributed by atoms with van der Waals surface area (Å²) in [7, 11) is 3.26. The molecular weight excluding hydrogens is 344 g/mol. The van der Waals surface area contributed by atoms with Crippen molar-refractivity contribution in [2.24, 2.45) is 0 Å². The minimum Gasteiger partial charge on any atom is -0.493 e. The smallest absolute Gasteiger partial charge is 0.260 e. The molecule has 1 aliphatic rings. The van der Waals surface area contributed by atoms with Crippen molar-refractivity contribution in [3.63, 3.8) is 0 Å². The first-order chi connectivity index (χ1) is 13.1. The lowest BCUT2D eigenvalue weighted by Crippen LogP contribution is -2.50. The van der Waals surface area contributed by atoms with E-state index >= 15 is 0 Å². The van der Waals surface area contributed by atoms with E-state index < -0.39 is 0 Å². The monoisotopic (exact) mass is 370 g/mol.